The molecule has 9 heteroatoms. The number of nitrogen functional groups attached to an aromatic ring is 1. The van der Waals surface area contributed by atoms with E-state index in [1.165, 1.54) is 12.1 Å². The second-order valence-electron chi connectivity index (χ2n) is 3.66. The smallest absolute Gasteiger partial charge is 0.341 e. The number of hydrogen-bond acceptors (Lipinski definition) is 7. The minimum absolute atomic E-state index is 0.107. The number of carbonyl (C=O) groups excluding carboxylic acids is 1. The predicted molar refractivity (Wildman–Crippen MR) is 66.2 cm³/mol. The molecule has 1 aromatic heterocycles. The van der Waals surface area contributed by atoms with E-state index in [1.54, 1.807) is 12.1 Å². The molecule has 9 nitrogen and oxygen atoms in total. The van der Waals surface area contributed by atoms with Gasteiger partial charge in [-0.2, -0.15) is 0 Å². The summed E-state index contributed by atoms with van der Waals surface area (Å²) in [5.41, 5.74) is 5.73. The van der Waals surface area contributed by atoms with Crippen molar-refractivity contribution in [2.75, 3.05) is 17.7 Å². The Kier molecular flexibility index (Phi) is 3.80. The molecule has 0 unspecified atom stereocenters. The van der Waals surface area contributed by atoms with Crippen molar-refractivity contribution in [1.29, 1.82) is 0 Å². The van der Waals surface area contributed by atoms with Crippen LogP contribution >= 0.6 is 0 Å². The Morgan fingerprint density at radius 3 is 2.55 bits per heavy atom. The number of carbonyl (C=O) groups is 2. The third-order valence-corrected chi connectivity index (χ3v) is 2.20. The first-order chi connectivity index (χ1) is 9.56. The Bertz CT molecular complexity index is 622. The second kappa shape index (κ2) is 5.69. The van der Waals surface area contributed by atoms with Crippen molar-refractivity contribution in [2.24, 2.45) is 0 Å². The lowest BCUT2D eigenvalue weighted by Gasteiger charge is -2.05. The van der Waals surface area contributed by atoms with Crippen LogP contribution in [0.4, 0.5) is 11.5 Å². The molecule has 4 N–H and O–H groups in total. The highest BCUT2D eigenvalue weighted by molar-refractivity contribution is 6.05. The van der Waals surface area contributed by atoms with Crippen LogP contribution in [0.15, 0.2) is 28.9 Å². The quantitative estimate of drug-likeness (QED) is 0.712. The molecular formula is C11H10N4O5. The molecule has 1 amide bonds. The monoisotopic (exact) mass is 278 g/mol. The number of anilines is 2. The largest absolute Gasteiger partial charge is 0.482 e. The van der Waals surface area contributed by atoms with E-state index in [9.17, 15) is 9.59 Å². The molecule has 0 atom stereocenters. The van der Waals surface area contributed by atoms with Gasteiger partial charge in [0.05, 0.1) is 0 Å². The lowest BCUT2D eigenvalue weighted by molar-refractivity contribution is -0.139. The number of aromatic nitrogens is 2. The molecule has 0 saturated heterocycles. The molecule has 104 valence electrons. The summed E-state index contributed by atoms with van der Waals surface area (Å²) in [6.45, 7) is -0.438. The van der Waals surface area contributed by atoms with Gasteiger partial charge in [-0.25, -0.2) is 9.42 Å². The van der Waals surface area contributed by atoms with E-state index in [2.05, 4.69) is 20.3 Å². The van der Waals surface area contributed by atoms with E-state index in [-0.39, 0.29) is 11.5 Å². The Labute approximate surface area is 112 Å². The third-order valence-electron chi connectivity index (χ3n) is 2.20. The summed E-state index contributed by atoms with van der Waals surface area (Å²) in [7, 11) is 0. The van der Waals surface area contributed by atoms with Crippen molar-refractivity contribution in [3.05, 3.63) is 30.0 Å². The number of aliphatic carboxylic acids is 1. The zero-order chi connectivity index (χ0) is 14.5. The molecule has 0 spiro atoms. The van der Waals surface area contributed by atoms with Crippen molar-refractivity contribution in [3.8, 4) is 5.75 Å². The van der Waals surface area contributed by atoms with Crippen LogP contribution in [0.2, 0.25) is 0 Å². The van der Waals surface area contributed by atoms with Gasteiger partial charge in [-0.15, -0.1) is 0 Å². The molecule has 1 aromatic carbocycles. The fourth-order valence-corrected chi connectivity index (χ4v) is 1.32. The number of carboxylic acid groups (broad SMARTS) is 1. The molecule has 1 heterocycles. The molecule has 2 rings (SSSR count). The van der Waals surface area contributed by atoms with Crippen LogP contribution in [0.25, 0.3) is 0 Å². The van der Waals surface area contributed by atoms with Crippen molar-refractivity contribution in [2.45, 2.75) is 0 Å². The minimum atomic E-state index is -1.07. The van der Waals surface area contributed by atoms with Crippen molar-refractivity contribution in [3.63, 3.8) is 0 Å². The lowest BCUT2D eigenvalue weighted by atomic mass is 10.3. The van der Waals surface area contributed by atoms with Crippen molar-refractivity contribution >= 4 is 23.4 Å². The lowest BCUT2D eigenvalue weighted by Crippen LogP contribution is -2.14. The normalized spacial score (nSPS) is 10.0. The highest BCUT2D eigenvalue weighted by Crippen LogP contribution is 2.17. The first-order valence-electron chi connectivity index (χ1n) is 5.40. The topological polar surface area (TPSA) is 141 Å². The molecule has 0 aliphatic rings. The number of amides is 1. The van der Waals surface area contributed by atoms with Crippen molar-refractivity contribution < 1.29 is 24.1 Å². The van der Waals surface area contributed by atoms with Gasteiger partial charge in [0.25, 0.3) is 5.91 Å². The molecule has 2 aromatic rings. The zero-order valence-corrected chi connectivity index (χ0v) is 10.1. The van der Waals surface area contributed by atoms with E-state index in [1.807, 2.05) is 0 Å². The average Bonchev–Trinajstić information content (AvgIpc) is 2.84. The summed E-state index contributed by atoms with van der Waals surface area (Å²) < 4.78 is 9.27. The number of benzene rings is 1. The molecule has 20 heavy (non-hydrogen) atoms. The highest BCUT2D eigenvalue weighted by Gasteiger charge is 2.15. The summed E-state index contributed by atoms with van der Waals surface area (Å²) in [4.78, 5) is 22.1. The summed E-state index contributed by atoms with van der Waals surface area (Å²) in [5, 5.41) is 17.6. The Hall–Kier alpha value is -3.10. The zero-order valence-electron chi connectivity index (χ0n) is 10.1. The standard InChI is InChI=1S/C11H10N4O5/c12-10-9(14-20-15-10)11(18)13-6-1-3-7(4-2-6)19-5-8(16)17/h1-4H,5H2,(H2,12,15)(H,13,18)(H,16,17). The fraction of sp³-hybridized carbons (Fsp3) is 0.0909. The van der Waals surface area contributed by atoms with Crippen LogP contribution in [0.1, 0.15) is 10.5 Å². The number of rotatable bonds is 5. The van der Waals surface area contributed by atoms with Crippen LogP contribution in [0.5, 0.6) is 5.75 Å². The number of ether oxygens (including phenoxy) is 1. The third kappa shape index (κ3) is 3.22. The van der Waals surface area contributed by atoms with E-state index >= 15 is 0 Å². The number of nitrogens with zero attached hydrogens (tertiary/aromatic N) is 2. The SMILES string of the molecule is Nc1nonc1C(=O)Nc1ccc(OCC(=O)O)cc1. The summed E-state index contributed by atoms with van der Waals surface area (Å²) in [5.74, 6) is -1.38. The van der Waals surface area contributed by atoms with Gasteiger partial charge in [0.1, 0.15) is 5.75 Å². The number of carboxylic acids is 1. The van der Waals surface area contributed by atoms with E-state index < -0.39 is 18.5 Å². The predicted octanol–water partition coefficient (Wildman–Crippen LogP) is 0.367. The Morgan fingerprint density at radius 2 is 2.00 bits per heavy atom. The van der Waals surface area contributed by atoms with Crippen LogP contribution in [0.3, 0.4) is 0 Å². The van der Waals surface area contributed by atoms with E-state index in [0.29, 0.717) is 11.4 Å². The first kappa shape index (κ1) is 13.3. The molecule has 0 fully saturated rings. The van der Waals surface area contributed by atoms with Gasteiger partial charge in [0, 0.05) is 5.69 Å². The van der Waals surface area contributed by atoms with Gasteiger partial charge in [0.2, 0.25) is 11.5 Å². The summed E-state index contributed by atoms with van der Waals surface area (Å²) >= 11 is 0. The van der Waals surface area contributed by atoms with Gasteiger partial charge >= 0.3 is 5.97 Å². The number of hydrogen-bond donors (Lipinski definition) is 3. The van der Waals surface area contributed by atoms with E-state index in [0.717, 1.165) is 0 Å². The maximum atomic E-state index is 11.7. The van der Waals surface area contributed by atoms with Gasteiger partial charge in [-0.05, 0) is 34.6 Å². The summed E-state index contributed by atoms with van der Waals surface area (Å²) in [6, 6.07) is 6.11. The maximum Gasteiger partial charge on any atom is 0.341 e. The van der Waals surface area contributed by atoms with Crippen LogP contribution < -0.4 is 15.8 Å². The van der Waals surface area contributed by atoms with Gasteiger partial charge in [-0.3, -0.25) is 4.79 Å². The number of nitrogens with two attached hydrogens (primary N) is 1. The van der Waals surface area contributed by atoms with Crippen LogP contribution in [0, 0.1) is 0 Å². The minimum Gasteiger partial charge on any atom is -0.482 e. The fourth-order valence-electron chi connectivity index (χ4n) is 1.32. The molecule has 0 aliphatic carbocycles. The molecule has 0 saturated carbocycles. The Balaban J connectivity index is 1.99. The molecule has 0 radical (unpaired) electrons. The van der Waals surface area contributed by atoms with E-state index in [4.69, 9.17) is 15.6 Å². The Morgan fingerprint density at radius 1 is 1.30 bits per heavy atom. The maximum absolute atomic E-state index is 11.7. The highest BCUT2D eigenvalue weighted by atomic mass is 16.6. The first-order valence-corrected chi connectivity index (χ1v) is 5.40. The van der Waals surface area contributed by atoms with Gasteiger partial charge < -0.3 is 20.9 Å². The van der Waals surface area contributed by atoms with Gasteiger partial charge in [-0.1, -0.05) is 0 Å². The van der Waals surface area contributed by atoms with Crippen LogP contribution in [-0.4, -0.2) is 33.9 Å². The van der Waals surface area contributed by atoms with Crippen LogP contribution in [-0.2, 0) is 4.79 Å². The molecule has 0 aliphatic heterocycles. The second-order valence-corrected chi connectivity index (χ2v) is 3.66. The van der Waals surface area contributed by atoms with Gasteiger partial charge in [0.15, 0.2) is 6.61 Å². The van der Waals surface area contributed by atoms with Crippen molar-refractivity contribution in [1.82, 2.24) is 10.3 Å². The molecule has 0 bridgehead atoms. The molecular weight excluding hydrogens is 268 g/mol. The summed E-state index contributed by atoms with van der Waals surface area (Å²) in [6.07, 6.45) is 0. The average molecular weight is 278 g/mol. The number of nitrogens with one attached hydrogen (secondary N) is 1.